The van der Waals surface area contributed by atoms with Gasteiger partial charge in [0.2, 0.25) is 5.91 Å². The number of amides is 2. The fourth-order valence-corrected chi connectivity index (χ4v) is 6.79. The molecule has 0 radical (unpaired) electrons. The molecule has 2 aliphatic heterocycles. The van der Waals surface area contributed by atoms with Crippen LogP contribution in [0.15, 0.2) is 78.9 Å². The number of likely N-dealkylation sites (tertiary alicyclic amines) is 2. The van der Waals surface area contributed by atoms with Gasteiger partial charge in [0.05, 0.1) is 18.2 Å². The quantitative estimate of drug-likeness (QED) is 0.165. The van der Waals surface area contributed by atoms with Crippen LogP contribution >= 0.6 is 0 Å². The minimum atomic E-state index is -0.424. The molecule has 2 aliphatic rings. The number of carbonyl (C=O) groups excluding carboxylic acids is 3. The molecule has 5 rings (SSSR count). The summed E-state index contributed by atoms with van der Waals surface area (Å²) >= 11 is 0. The minimum absolute atomic E-state index is 0.0749. The van der Waals surface area contributed by atoms with Crippen molar-refractivity contribution in [3.8, 4) is 11.1 Å². The van der Waals surface area contributed by atoms with Crippen molar-refractivity contribution >= 4 is 23.5 Å². The van der Waals surface area contributed by atoms with Crippen molar-refractivity contribution in [2.45, 2.75) is 52.2 Å². The van der Waals surface area contributed by atoms with E-state index in [1.54, 1.807) is 0 Å². The molecular weight excluding hydrogens is 602 g/mol. The van der Waals surface area contributed by atoms with E-state index in [1.165, 1.54) is 0 Å². The number of benzene rings is 3. The first-order valence-corrected chi connectivity index (χ1v) is 17.6. The topological polar surface area (TPSA) is 94.2 Å². The van der Waals surface area contributed by atoms with E-state index in [-0.39, 0.29) is 23.7 Å². The summed E-state index contributed by atoms with van der Waals surface area (Å²) in [5.41, 5.74) is 4.61. The highest BCUT2D eigenvalue weighted by Crippen LogP contribution is 2.28. The number of rotatable bonds is 14. The van der Waals surface area contributed by atoms with E-state index in [1.807, 2.05) is 97.6 Å². The van der Waals surface area contributed by atoms with E-state index in [2.05, 4.69) is 20.4 Å². The van der Waals surface area contributed by atoms with Crippen LogP contribution in [0.25, 0.3) is 11.1 Å². The predicted octanol–water partition coefficient (Wildman–Crippen LogP) is 5.92. The van der Waals surface area contributed by atoms with Crippen LogP contribution in [0.2, 0.25) is 0 Å². The molecule has 9 nitrogen and oxygen atoms in total. The maximum Gasteiger partial charge on any atom is 0.411 e. The molecule has 0 saturated carbocycles. The molecule has 2 amide bonds. The Labute approximate surface area is 285 Å². The average Bonchev–Trinajstić information content (AvgIpc) is 3.12. The highest BCUT2D eigenvalue weighted by Gasteiger charge is 2.28. The molecule has 3 aromatic rings. The molecule has 9 heteroatoms. The molecule has 0 bridgehead atoms. The van der Waals surface area contributed by atoms with Crippen molar-refractivity contribution in [1.82, 2.24) is 20.0 Å². The van der Waals surface area contributed by atoms with Gasteiger partial charge in [0.25, 0.3) is 0 Å². The third kappa shape index (κ3) is 9.98. The summed E-state index contributed by atoms with van der Waals surface area (Å²) in [7, 11) is 0. The summed E-state index contributed by atoms with van der Waals surface area (Å²) in [6, 6.07) is 25.7. The number of piperidine rings is 2. The van der Waals surface area contributed by atoms with Crippen LogP contribution in [-0.2, 0) is 16.1 Å². The van der Waals surface area contributed by atoms with Crippen LogP contribution < -0.4 is 10.6 Å². The molecule has 0 unspecified atom stereocenters. The zero-order chi connectivity index (χ0) is 33.7. The number of nitrogens with zero attached hydrogens (tertiary/aromatic N) is 3. The highest BCUT2D eigenvalue weighted by atomic mass is 16.6. The van der Waals surface area contributed by atoms with Gasteiger partial charge < -0.3 is 19.9 Å². The summed E-state index contributed by atoms with van der Waals surface area (Å²) in [4.78, 5) is 45.1. The Kier molecular flexibility index (Phi) is 13.2. The van der Waals surface area contributed by atoms with Gasteiger partial charge in [0.1, 0.15) is 6.10 Å². The zero-order valence-electron chi connectivity index (χ0n) is 28.5. The Morgan fingerprint density at radius 3 is 2.27 bits per heavy atom. The van der Waals surface area contributed by atoms with Gasteiger partial charge in [-0.3, -0.25) is 19.8 Å². The zero-order valence-corrected chi connectivity index (χ0v) is 28.5. The first-order valence-electron chi connectivity index (χ1n) is 17.6. The molecule has 0 aliphatic carbocycles. The van der Waals surface area contributed by atoms with Crippen LogP contribution in [0, 0.1) is 5.92 Å². The Bertz CT molecular complexity index is 1470. The molecule has 0 aromatic heterocycles. The normalized spacial score (nSPS) is 17.5. The van der Waals surface area contributed by atoms with E-state index < -0.39 is 6.09 Å². The van der Waals surface area contributed by atoms with Gasteiger partial charge in [0.15, 0.2) is 5.78 Å². The average molecular weight is 654 g/mol. The lowest BCUT2D eigenvalue weighted by atomic mass is 9.96. The molecule has 0 spiro atoms. The number of anilines is 1. The van der Waals surface area contributed by atoms with Gasteiger partial charge in [0, 0.05) is 63.5 Å². The molecule has 2 saturated heterocycles. The number of carbonyl (C=O) groups is 3. The first-order chi connectivity index (χ1) is 23.4. The summed E-state index contributed by atoms with van der Waals surface area (Å²) in [6.07, 6.45) is 3.02. The van der Waals surface area contributed by atoms with Crippen molar-refractivity contribution in [2.24, 2.45) is 5.92 Å². The largest absolute Gasteiger partial charge is 0.446 e. The minimum Gasteiger partial charge on any atom is -0.446 e. The van der Waals surface area contributed by atoms with Crippen LogP contribution in [0.3, 0.4) is 0 Å². The number of para-hydroxylation sites is 1. The smallest absolute Gasteiger partial charge is 0.411 e. The summed E-state index contributed by atoms with van der Waals surface area (Å²) < 4.78 is 5.77. The van der Waals surface area contributed by atoms with Gasteiger partial charge >= 0.3 is 6.09 Å². The third-order valence-electron chi connectivity index (χ3n) is 9.56. The fourth-order valence-electron chi connectivity index (χ4n) is 6.79. The molecule has 48 heavy (non-hydrogen) atoms. The van der Waals surface area contributed by atoms with Gasteiger partial charge in [-0.25, -0.2) is 4.79 Å². The van der Waals surface area contributed by atoms with Crippen molar-refractivity contribution in [3.63, 3.8) is 0 Å². The van der Waals surface area contributed by atoms with E-state index >= 15 is 0 Å². The molecule has 1 atom stereocenters. The summed E-state index contributed by atoms with van der Waals surface area (Å²) in [6.45, 7) is 11.7. The lowest BCUT2D eigenvalue weighted by Crippen LogP contribution is -2.44. The maximum absolute atomic E-state index is 12.9. The number of hydrogen-bond donors (Lipinski definition) is 2. The van der Waals surface area contributed by atoms with Crippen LogP contribution in [-0.4, -0.2) is 97.5 Å². The van der Waals surface area contributed by atoms with E-state index in [0.29, 0.717) is 18.7 Å². The number of ketones is 1. The number of nitrogens with one attached hydrogen (secondary N) is 2. The van der Waals surface area contributed by atoms with Crippen molar-refractivity contribution in [3.05, 3.63) is 90.0 Å². The van der Waals surface area contributed by atoms with Gasteiger partial charge in [-0.2, -0.15) is 0 Å². The molecule has 2 N–H and O–H groups in total. The molecule has 2 fully saturated rings. The highest BCUT2D eigenvalue weighted by molar-refractivity contribution is 5.97. The van der Waals surface area contributed by atoms with Crippen LogP contribution in [0.1, 0.15) is 55.5 Å². The van der Waals surface area contributed by atoms with Crippen LogP contribution in [0.5, 0.6) is 0 Å². The summed E-state index contributed by atoms with van der Waals surface area (Å²) in [5, 5.41) is 6.24. The van der Waals surface area contributed by atoms with Crippen molar-refractivity contribution < 1.29 is 19.1 Å². The van der Waals surface area contributed by atoms with Crippen molar-refractivity contribution in [2.75, 3.05) is 64.2 Å². The Balaban J connectivity index is 0.970. The number of Topliss-reactive ketones (excluding diaryl/α,β-unsaturated/α-hetero) is 1. The lowest BCUT2D eigenvalue weighted by molar-refractivity contribution is -0.137. The van der Waals surface area contributed by atoms with Gasteiger partial charge in [-0.1, -0.05) is 72.8 Å². The van der Waals surface area contributed by atoms with E-state index in [4.69, 9.17) is 4.74 Å². The monoisotopic (exact) mass is 653 g/mol. The number of hydrogen-bond acceptors (Lipinski definition) is 7. The Morgan fingerprint density at radius 1 is 0.833 bits per heavy atom. The summed E-state index contributed by atoms with van der Waals surface area (Å²) in [5.74, 6) is 0.431. The maximum atomic E-state index is 12.9. The fraction of sp³-hybridized carbons (Fsp3) is 0.462. The van der Waals surface area contributed by atoms with E-state index in [9.17, 15) is 14.4 Å². The Morgan fingerprint density at radius 2 is 1.54 bits per heavy atom. The Hall–Kier alpha value is -4.05. The number of ether oxygens (including phenoxy) is 1. The molecule has 256 valence electrons. The van der Waals surface area contributed by atoms with E-state index in [0.717, 1.165) is 100 Å². The van der Waals surface area contributed by atoms with Gasteiger partial charge in [-0.15, -0.1) is 0 Å². The SMILES string of the molecule is CCN(CC)C(=O)[C@H]1CCCN(Cc2ccc(C(=O)CNCCN3CCC(OC(=O)Nc4ccccc4-c4ccccc4)CC3)cc2)C1. The second-order valence-electron chi connectivity index (χ2n) is 12.9. The van der Waals surface area contributed by atoms with Crippen molar-refractivity contribution in [1.29, 1.82) is 0 Å². The van der Waals surface area contributed by atoms with Crippen LogP contribution in [0.4, 0.5) is 10.5 Å². The molecular formula is C39H51N5O4. The molecule has 3 aromatic carbocycles. The second-order valence-corrected chi connectivity index (χ2v) is 12.9. The first kappa shape index (κ1) is 35.3. The molecule has 2 heterocycles. The third-order valence-corrected chi connectivity index (χ3v) is 9.56. The predicted molar refractivity (Wildman–Crippen MR) is 191 cm³/mol. The lowest BCUT2D eigenvalue weighted by Gasteiger charge is -2.34. The second kappa shape index (κ2) is 17.9. The van der Waals surface area contributed by atoms with Gasteiger partial charge in [-0.05, 0) is 63.3 Å². The standard InChI is InChI=1S/C39H51N5O4/c1-3-44(4-2)38(46)33-13-10-23-43(29-33)28-30-16-18-32(19-17-30)37(45)27-40-22-26-42-24-20-34(21-25-42)48-39(47)41-36-15-9-8-14-35(36)31-11-6-5-7-12-31/h5-9,11-12,14-19,33-34,40H,3-4,10,13,20-29H2,1-2H3,(H,41,47)/t33-/m0/s1.